The second kappa shape index (κ2) is 6.30. The van der Waals surface area contributed by atoms with E-state index in [-0.39, 0.29) is 24.4 Å². The van der Waals surface area contributed by atoms with Gasteiger partial charge in [-0.15, -0.1) is 0 Å². The van der Waals surface area contributed by atoms with Crippen molar-refractivity contribution >= 4 is 17.6 Å². The van der Waals surface area contributed by atoms with Gasteiger partial charge in [0.2, 0.25) is 0 Å². The molecule has 0 aromatic carbocycles. The Morgan fingerprint density at radius 1 is 1.38 bits per heavy atom. The third kappa shape index (κ3) is 2.58. The fourth-order valence-corrected chi connectivity index (χ4v) is 2.93. The van der Waals surface area contributed by atoms with Crippen molar-refractivity contribution in [3.8, 4) is 11.4 Å². The molecule has 0 fully saturated rings. The average Bonchev–Trinajstić information content (AvgIpc) is 2.94. The van der Waals surface area contributed by atoms with Crippen molar-refractivity contribution in [3.63, 3.8) is 0 Å². The van der Waals surface area contributed by atoms with Crippen LogP contribution in [0.25, 0.3) is 11.4 Å². The number of anilines is 1. The number of fused-ring (bicyclic) bond motifs is 3. The Morgan fingerprint density at radius 3 is 2.67 bits per heavy atom. The molecule has 1 aliphatic rings. The Balaban J connectivity index is 0.00000208. The molecular weight excluding hydrogens is 307 g/mol. The Morgan fingerprint density at radius 2 is 2.04 bits per heavy atom. The molecule has 9 heteroatoms. The predicted molar refractivity (Wildman–Crippen MR) is 79.7 cm³/mol. The van der Waals surface area contributed by atoms with Gasteiger partial charge in [-0.25, -0.2) is 0 Å². The van der Waals surface area contributed by atoms with Gasteiger partial charge in [-0.3, -0.25) is 14.3 Å². The van der Waals surface area contributed by atoms with E-state index in [4.69, 9.17) is 0 Å². The van der Waals surface area contributed by atoms with Crippen molar-refractivity contribution in [2.24, 2.45) is 7.05 Å². The van der Waals surface area contributed by atoms with Crippen molar-refractivity contribution < 1.29 is 33.6 Å². The maximum atomic E-state index is 12.7. The SMILES string of the molecule is Cc1cc2c(n(C)c1=O)-c1ccnn1C(C)C(=O)N2CC(=O)[O-].[Li+]. The molecule has 0 radical (unpaired) electrons. The molecule has 1 amide bonds. The molecule has 3 rings (SSSR count). The molecule has 2 aromatic heterocycles. The molecule has 0 saturated heterocycles. The van der Waals surface area contributed by atoms with E-state index in [1.54, 1.807) is 33.2 Å². The molecule has 2 aromatic rings. The first-order chi connectivity index (χ1) is 10.8. The van der Waals surface area contributed by atoms with Crippen LogP contribution >= 0.6 is 0 Å². The van der Waals surface area contributed by atoms with Gasteiger partial charge in [0.1, 0.15) is 6.04 Å². The van der Waals surface area contributed by atoms with Gasteiger partial charge in [-0.1, -0.05) is 0 Å². The van der Waals surface area contributed by atoms with Crippen LogP contribution < -0.4 is 34.4 Å². The third-order valence-electron chi connectivity index (χ3n) is 4.05. The molecule has 8 nitrogen and oxygen atoms in total. The number of carboxylic acid groups (broad SMARTS) is 1. The number of nitrogens with zero attached hydrogens (tertiary/aromatic N) is 4. The summed E-state index contributed by atoms with van der Waals surface area (Å²) in [6, 6.07) is 2.54. The summed E-state index contributed by atoms with van der Waals surface area (Å²) in [5.74, 6) is -1.79. The average molecular weight is 322 g/mol. The van der Waals surface area contributed by atoms with E-state index in [0.29, 0.717) is 22.6 Å². The minimum Gasteiger partial charge on any atom is -0.548 e. The number of pyridine rings is 1. The topological polar surface area (TPSA) is 100 Å². The number of aryl methyl sites for hydroxylation is 1. The zero-order valence-corrected chi connectivity index (χ0v) is 13.9. The molecule has 3 heterocycles. The molecule has 24 heavy (non-hydrogen) atoms. The second-order valence-corrected chi connectivity index (χ2v) is 5.56. The first-order valence-electron chi connectivity index (χ1n) is 7.08. The van der Waals surface area contributed by atoms with Crippen molar-refractivity contribution in [3.05, 3.63) is 34.2 Å². The molecule has 0 spiro atoms. The van der Waals surface area contributed by atoms with Crippen molar-refractivity contribution in [2.45, 2.75) is 19.9 Å². The maximum Gasteiger partial charge on any atom is 1.00 e. The van der Waals surface area contributed by atoms with Crippen molar-refractivity contribution in [1.29, 1.82) is 0 Å². The van der Waals surface area contributed by atoms with Crippen LogP contribution in [0.3, 0.4) is 0 Å². The van der Waals surface area contributed by atoms with Crippen molar-refractivity contribution in [1.82, 2.24) is 14.3 Å². The Kier molecular flexibility index (Phi) is 4.74. The fraction of sp³-hybridized carbons (Fsp3) is 0.333. The van der Waals surface area contributed by atoms with Crippen LogP contribution in [0.2, 0.25) is 0 Å². The van der Waals surface area contributed by atoms with Crippen LogP contribution in [-0.4, -0.2) is 32.8 Å². The van der Waals surface area contributed by atoms with Gasteiger partial charge in [0.05, 0.1) is 29.6 Å². The number of hydrogen-bond acceptors (Lipinski definition) is 5. The summed E-state index contributed by atoms with van der Waals surface area (Å²) in [7, 11) is 1.59. The van der Waals surface area contributed by atoms with Gasteiger partial charge in [-0.2, -0.15) is 5.10 Å². The number of hydrogen-bond donors (Lipinski definition) is 0. The zero-order valence-electron chi connectivity index (χ0n) is 13.9. The van der Waals surface area contributed by atoms with E-state index in [1.807, 2.05) is 0 Å². The summed E-state index contributed by atoms with van der Waals surface area (Å²) in [6.07, 6.45) is 1.54. The minimum absolute atomic E-state index is 0. The number of rotatable bonds is 2. The molecule has 1 unspecified atom stereocenters. The monoisotopic (exact) mass is 322 g/mol. The van der Waals surface area contributed by atoms with Crippen LogP contribution in [0.4, 0.5) is 5.69 Å². The Hall–Kier alpha value is -2.30. The van der Waals surface area contributed by atoms with E-state index in [1.165, 1.54) is 15.3 Å². The van der Waals surface area contributed by atoms with Crippen LogP contribution in [0.15, 0.2) is 23.1 Å². The molecule has 0 aliphatic carbocycles. The van der Waals surface area contributed by atoms with E-state index >= 15 is 0 Å². The van der Waals surface area contributed by atoms with Crippen LogP contribution in [0.5, 0.6) is 0 Å². The zero-order chi connectivity index (χ0) is 16.9. The minimum atomic E-state index is -1.37. The number of amides is 1. The summed E-state index contributed by atoms with van der Waals surface area (Å²) in [4.78, 5) is 37.2. The van der Waals surface area contributed by atoms with E-state index in [0.717, 1.165) is 4.90 Å². The number of carboxylic acids is 1. The number of carbonyl (C=O) groups excluding carboxylic acids is 2. The molecule has 1 atom stereocenters. The summed E-state index contributed by atoms with van der Waals surface area (Å²) in [5, 5.41) is 15.2. The van der Waals surface area contributed by atoms with Gasteiger partial charge < -0.3 is 19.4 Å². The predicted octanol–water partition coefficient (Wildman–Crippen LogP) is -3.78. The molecule has 0 bridgehead atoms. The molecular formula is C15H15LiN4O4. The number of aliphatic carboxylic acids is 1. The van der Waals surface area contributed by atoms with Gasteiger partial charge in [0.25, 0.3) is 11.5 Å². The van der Waals surface area contributed by atoms with Gasteiger partial charge >= 0.3 is 18.9 Å². The van der Waals surface area contributed by atoms with Crippen LogP contribution in [0.1, 0.15) is 18.5 Å². The summed E-state index contributed by atoms with van der Waals surface area (Å²) in [6.45, 7) is 2.67. The van der Waals surface area contributed by atoms with Crippen LogP contribution in [-0.2, 0) is 16.6 Å². The van der Waals surface area contributed by atoms with Gasteiger partial charge in [0.15, 0.2) is 0 Å². The summed E-state index contributed by atoms with van der Waals surface area (Å²) < 4.78 is 2.90. The van der Waals surface area contributed by atoms with Gasteiger partial charge in [-0.05, 0) is 26.0 Å². The quantitative estimate of drug-likeness (QED) is 0.528. The third-order valence-corrected chi connectivity index (χ3v) is 4.05. The second-order valence-electron chi connectivity index (χ2n) is 5.56. The van der Waals surface area contributed by atoms with Crippen molar-refractivity contribution in [2.75, 3.05) is 11.4 Å². The molecule has 0 saturated carbocycles. The van der Waals surface area contributed by atoms with Gasteiger partial charge in [0, 0.05) is 18.8 Å². The van der Waals surface area contributed by atoms with E-state index < -0.39 is 24.5 Å². The largest absolute Gasteiger partial charge is 1.00 e. The molecule has 0 N–H and O–H groups in total. The molecule has 120 valence electrons. The molecule has 1 aliphatic heterocycles. The fourth-order valence-electron chi connectivity index (χ4n) is 2.93. The van der Waals surface area contributed by atoms with E-state index in [2.05, 4.69) is 5.10 Å². The first-order valence-corrected chi connectivity index (χ1v) is 7.08. The summed E-state index contributed by atoms with van der Waals surface area (Å²) in [5.41, 5.74) is 1.61. The Bertz CT molecular complexity index is 886. The number of carbonyl (C=O) groups is 2. The summed E-state index contributed by atoms with van der Waals surface area (Å²) >= 11 is 0. The smallest absolute Gasteiger partial charge is 0.548 e. The standard InChI is InChI=1S/C15H16N4O4.Li/c1-8-6-11-13(17(3)14(8)22)10-4-5-16-19(10)9(2)15(23)18(11)7-12(20)21;/h4-6,9H,7H2,1-3H3,(H,20,21);/q;+1/p-1. The number of aromatic nitrogens is 3. The Labute approximate surface area is 149 Å². The van der Waals surface area contributed by atoms with E-state index in [9.17, 15) is 19.5 Å². The maximum absolute atomic E-state index is 12.7. The van der Waals surface area contributed by atoms with Crippen LogP contribution in [0, 0.1) is 6.92 Å². The normalized spacial score (nSPS) is 16.0. The first kappa shape index (κ1) is 18.0.